The number of aliphatic carboxylic acids is 1. The molecule has 2 N–H and O–H groups in total. The van der Waals surface area contributed by atoms with Crippen molar-refractivity contribution in [3.05, 3.63) is 24.3 Å². The molecular weight excluding hydrogens is 312 g/mol. The summed E-state index contributed by atoms with van der Waals surface area (Å²) in [6.07, 6.45) is 0.497. The maximum absolute atomic E-state index is 12.4. The van der Waals surface area contributed by atoms with Gasteiger partial charge in [0, 0.05) is 5.69 Å². The highest BCUT2D eigenvalue weighted by Crippen LogP contribution is 2.44. The van der Waals surface area contributed by atoms with E-state index in [-0.39, 0.29) is 11.9 Å². The van der Waals surface area contributed by atoms with Crippen LogP contribution in [0.1, 0.15) is 12.8 Å². The van der Waals surface area contributed by atoms with Gasteiger partial charge < -0.3 is 19.9 Å². The number of hydrogen-bond acceptors (Lipinski definition) is 4. The van der Waals surface area contributed by atoms with Crippen LogP contribution >= 0.6 is 0 Å². The molecule has 23 heavy (non-hydrogen) atoms. The van der Waals surface area contributed by atoms with Gasteiger partial charge >= 0.3 is 12.6 Å². The van der Waals surface area contributed by atoms with Gasteiger partial charge in [0.2, 0.25) is 5.91 Å². The van der Waals surface area contributed by atoms with E-state index >= 15 is 0 Å². The van der Waals surface area contributed by atoms with Crippen molar-refractivity contribution in [1.82, 2.24) is 0 Å². The third-order valence-electron chi connectivity index (χ3n) is 4.21. The molecule has 2 heterocycles. The van der Waals surface area contributed by atoms with Gasteiger partial charge in [-0.05, 0) is 37.1 Å². The van der Waals surface area contributed by atoms with Crippen LogP contribution in [0.25, 0.3) is 0 Å². The Balaban J connectivity index is 1.68. The standard InChI is InChI=1S/C15H15F2NO5/c16-15(17)22-8-3-1-7(2-4-8)18-13(19)11-9-5-6-10(23-9)12(11)14(20)21/h1-4,9-12,15H,5-6H2,(H,18,19)(H,20,21)/t9-,10-,11-,12+/m1/s1. The number of carbonyl (C=O) groups is 2. The minimum Gasteiger partial charge on any atom is -0.481 e. The van der Waals surface area contributed by atoms with Crippen LogP contribution < -0.4 is 10.1 Å². The number of amides is 1. The molecule has 2 aliphatic heterocycles. The Hall–Kier alpha value is -2.22. The fourth-order valence-corrected chi connectivity index (χ4v) is 3.27. The van der Waals surface area contributed by atoms with Crippen LogP contribution in [-0.2, 0) is 14.3 Å². The molecule has 4 atom stereocenters. The summed E-state index contributed by atoms with van der Waals surface area (Å²) in [7, 11) is 0. The molecule has 6 nitrogen and oxygen atoms in total. The number of hydrogen-bond donors (Lipinski definition) is 2. The molecular formula is C15H15F2NO5. The van der Waals surface area contributed by atoms with Crippen LogP contribution in [0.4, 0.5) is 14.5 Å². The zero-order valence-corrected chi connectivity index (χ0v) is 11.9. The fraction of sp³-hybridized carbons (Fsp3) is 0.467. The largest absolute Gasteiger partial charge is 0.481 e. The van der Waals surface area contributed by atoms with Gasteiger partial charge in [0.05, 0.1) is 24.0 Å². The molecule has 2 saturated heterocycles. The number of carboxylic acid groups (broad SMARTS) is 1. The highest BCUT2D eigenvalue weighted by atomic mass is 19.3. The molecule has 2 bridgehead atoms. The van der Waals surface area contributed by atoms with Gasteiger partial charge in [0.1, 0.15) is 5.75 Å². The quantitative estimate of drug-likeness (QED) is 0.865. The van der Waals surface area contributed by atoms with Crippen molar-refractivity contribution in [3.63, 3.8) is 0 Å². The average molecular weight is 327 g/mol. The average Bonchev–Trinajstić information content (AvgIpc) is 3.09. The van der Waals surface area contributed by atoms with E-state index in [2.05, 4.69) is 10.1 Å². The first-order valence-corrected chi connectivity index (χ1v) is 7.19. The van der Waals surface area contributed by atoms with Gasteiger partial charge in [-0.1, -0.05) is 0 Å². The summed E-state index contributed by atoms with van der Waals surface area (Å²) >= 11 is 0. The number of halogens is 2. The predicted molar refractivity (Wildman–Crippen MR) is 74.2 cm³/mol. The Bertz CT molecular complexity index is 606. The smallest absolute Gasteiger partial charge is 0.387 e. The van der Waals surface area contributed by atoms with Crippen LogP contribution in [0.5, 0.6) is 5.75 Å². The van der Waals surface area contributed by atoms with Crippen LogP contribution in [0.3, 0.4) is 0 Å². The molecule has 0 unspecified atom stereocenters. The van der Waals surface area contributed by atoms with Crippen molar-refractivity contribution in [3.8, 4) is 5.75 Å². The molecule has 2 aliphatic rings. The lowest BCUT2D eigenvalue weighted by Crippen LogP contribution is -2.40. The molecule has 8 heteroatoms. The van der Waals surface area contributed by atoms with Gasteiger partial charge in [-0.15, -0.1) is 0 Å². The molecule has 1 amide bonds. The van der Waals surface area contributed by atoms with Crippen molar-refractivity contribution < 1.29 is 33.0 Å². The molecule has 0 spiro atoms. The van der Waals surface area contributed by atoms with E-state index < -0.39 is 36.4 Å². The van der Waals surface area contributed by atoms with Crippen molar-refractivity contribution in [2.24, 2.45) is 11.8 Å². The van der Waals surface area contributed by atoms with E-state index in [4.69, 9.17) is 4.74 Å². The number of fused-ring (bicyclic) bond motifs is 2. The number of rotatable bonds is 5. The number of alkyl halides is 2. The molecule has 0 aromatic heterocycles. The third kappa shape index (κ3) is 3.12. The van der Waals surface area contributed by atoms with Gasteiger partial charge in [-0.25, -0.2) is 0 Å². The van der Waals surface area contributed by atoms with Crippen molar-refractivity contribution in [2.75, 3.05) is 5.32 Å². The second-order valence-corrected chi connectivity index (χ2v) is 5.57. The van der Waals surface area contributed by atoms with E-state index in [1.165, 1.54) is 24.3 Å². The molecule has 0 aliphatic carbocycles. The van der Waals surface area contributed by atoms with Crippen molar-refractivity contribution in [1.29, 1.82) is 0 Å². The molecule has 3 rings (SSSR count). The Morgan fingerprint density at radius 1 is 1.17 bits per heavy atom. The molecule has 0 radical (unpaired) electrons. The summed E-state index contributed by atoms with van der Waals surface area (Å²) in [5.74, 6) is -3.10. The van der Waals surface area contributed by atoms with E-state index in [9.17, 15) is 23.5 Å². The van der Waals surface area contributed by atoms with E-state index in [1.54, 1.807) is 0 Å². The summed E-state index contributed by atoms with van der Waals surface area (Å²) in [6, 6.07) is 5.43. The van der Waals surface area contributed by atoms with Crippen LogP contribution in [0, 0.1) is 11.8 Å². The number of anilines is 1. The van der Waals surface area contributed by atoms with Crippen LogP contribution in [0.15, 0.2) is 24.3 Å². The Kier molecular flexibility index (Phi) is 4.16. The van der Waals surface area contributed by atoms with Crippen LogP contribution in [-0.4, -0.2) is 35.8 Å². The Morgan fingerprint density at radius 3 is 2.35 bits per heavy atom. The normalized spacial score (nSPS) is 28.8. The van der Waals surface area contributed by atoms with Crippen molar-refractivity contribution in [2.45, 2.75) is 31.7 Å². The fourth-order valence-electron chi connectivity index (χ4n) is 3.27. The molecule has 124 valence electrons. The minimum atomic E-state index is -2.92. The summed E-state index contributed by atoms with van der Waals surface area (Å²) in [6.45, 7) is -2.92. The van der Waals surface area contributed by atoms with Crippen LogP contribution in [0.2, 0.25) is 0 Å². The minimum absolute atomic E-state index is 0.0235. The maximum Gasteiger partial charge on any atom is 0.387 e. The second kappa shape index (κ2) is 6.11. The first-order chi connectivity index (χ1) is 11.0. The topological polar surface area (TPSA) is 84.9 Å². The first kappa shape index (κ1) is 15.7. The van der Waals surface area contributed by atoms with Crippen molar-refractivity contribution >= 4 is 17.6 Å². The van der Waals surface area contributed by atoms with Gasteiger partial charge in [-0.3, -0.25) is 9.59 Å². The number of carboxylic acids is 1. The summed E-state index contributed by atoms with van der Waals surface area (Å²) in [5.41, 5.74) is 0.378. The second-order valence-electron chi connectivity index (χ2n) is 5.57. The number of nitrogens with one attached hydrogen (secondary N) is 1. The SMILES string of the molecule is O=C(O)[C@@H]1[C@H](C(=O)Nc2ccc(OC(F)F)cc2)[C@H]2CC[C@H]1O2. The van der Waals surface area contributed by atoms with E-state index in [0.29, 0.717) is 18.5 Å². The van der Waals surface area contributed by atoms with Gasteiger partial charge in [0.15, 0.2) is 0 Å². The lowest BCUT2D eigenvalue weighted by molar-refractivity contribution is -0.147. The summed E-state index contributed by atoms with van der Waals surface area (Å²) in [4.78, 5) is 23.7. The highest BCUT2D eigenvalue weighted by molar-refractivity contribution is 5.96. The third-order valence-corrected chi connectivity index (χ3v) is 4.21. The zero-order chi connectivity index (χ0) is 16.6. The van der Waals surface area contributed by atoms with Gasteiger partial charge in [0.25, 0.3) is 0 Å². The molecule has 1 aromatic carbocycles. The Morgan fingerprint density at radius 2 is 1.78 bits per heavy atom. The lowest BCUT2D eigenvalue weighted by Gasteiger charge is -2.23. The number of carbonyl (C=O) groups excluding carboxylic acids is 1. The number of benzene rings is 1. The van der Waals surface area contributed by atoms with E-state index in [1.807, 2.05) is 0 Å². The maximum atomic E-state index is 12.4. The monoisotopic (exact) mass is 327 g/mol. The number of ether oxygens (including phenoxy) is 2. The van der Waals surface area contributed by atoms with Gasteiger partial charge in [-0.2, -0.15) is 8.78 Å². The summed E-state index contributed by atoms with van der Waals surface area (Å²) in [5, 5.41) is 11.9. The van der Waals surface area contributed by atoms with E-state index in [0.717, 1.165) is 0 Å². The Labute approximate surface area is 130 Å². The molecule has 0 saturated carbocycles. The summed E-state index contributed by atoms with van der Waals surface area (Å²) < 4.78 is 33.9. The highest BCUT2D eigenvalue weighted by Gasteiger charge is 2.55. The zero-order valence-electron chi connectivity index (χ0n) is 11.9. The molecule has 2 fully saturated rings. The first-order valence-electron chi connectivity index (χ1n) is 7.19. The molecule has 1 aromatic rings. The lowest BCUT2D eigenvalue weighted by atomic mass is 9.78. The predicted octanol–water partition coefficient (Wildman–Crippen LogP) is 2.10.